The van der Waals surface area contributed by atoms with Gasteiger partial charge < -0.3 is 95.8 Å². The van der Waals surface area contributed by atoms with Crippen LogP contribution >= 0.6 is 0 Å². The summed E-state index contributed by atoms with van der Waals surface area (Å²) in [5.74, 6) is 0. The molecular weight excluding hydrogens is 602 g/mol. The van der Waals surface area contributed by atoms with Crippen molar-refractivity contribution < 1.29 is 90.4 Å². The Morgan fingerprint density at radius 3 is 1.91 bits per heavy atom. The molecule has 0 amide bonds. The van der Waals surface area contributed by atoms with Gasteiger partial charge in [0, 0.05) is 0 Å². The Hall–Kier alpha value is -1.02. The van der Waals surface area contributed by atoms with Crippen LogP contribution in [0.2, 0.25) is 0 Å². The van der Waals surface area contributed by atoms with E-state index < -0.39 is 137 Å². The van der Waals surface area contributed by atoms with Gasteiger partial charge in [0.2, 0.25) is 0 Å². The van der Waals surface area contributed by atoms with E-state index in [2.05, 4.69) is 5.32 Å². The molecule has 15 N–H and O–H groups in total. The van der Waals surface area contributed by atoms with Crippen LogP contribution in [0.25, 0.3) is 0 Å². The first-order chi connectivity index (χ1) is 20.7. The Labute approximate surface area is 251 Å². The van der Waals surface area contributed by atoms with Gasteiger partial charge in [-0.2, -0.15) is 0 Å². The summed E-state index contributed by atoms with van der Waals surface area (Å²) in [5, 5.41) is 145. The maximum atomic E-state index is 10.9. The highest BCUT2D eigenvalue weighted by atomic mass is 16.7. The molecule has 12 unspecified atom stereocenters. The van der Waals surface area contributed by atoms with Crippen LogP contribution in [0.4, 0.5) is 0 Å². The SMILES string of the molecule is CC(O)C(O)C(O[C@H]1OC(CO)C(O[C@@H]2O[C@H](CO)C(NC3C=C(CO)C(O)C(O)C3O)[C@H](O)C2O)C(O)[C@H]1O)[C@H](O)CO. The van der Waals surface area contributed by atoms with Crippen LogP contribution in [0.1, 0.15) is 6.92 Å². The molecule has 2 fully saturated rings. The van der Waals surface area contributed by atoms with Crippen molar-refractivity contribution in [2.24, 2.45) is 0 Å². The van der Waals surface area contributed by atoms with Crippen molar-refractivity contribution in [3.05, 3.63) is 11.6 Å². The number of aliphatic hydroxyl groups is 14. The van der Waals surface area contributed by atoms with Crippen molar-refractivity contribution in [2.75, 3.05) is 26.4 Å². The van der Waals surface area contributed by atoms with Gasteiger partial charge in [0.15, 0.2) is 12.6 Å². The summed E-state index contributed by atoms with van der Waals surface area (Å²) in [6, 6.07) is -2.51. The predicted octanol–water partition coefficient (Wildman–Crippen LogP) is -8.93. The van der Waals surface area contributed by atoms with Crippen LogP contribution in [-0.2, 0) is 18.9 Å². The highest BCUT2D eigenvalue weighted by molar-refractivity contribution is 5.22. The van der Waals surface area contributed by atoms with Crippen molar-refractivity contribution >= 4 is 0 Å². The molecule has 2 aliphatic heterocycles. The predicted molar refractivity (Wildman–Crippen MR) is 140 cm³/mol. The second-order valence-electron chi connectivity index (χ2n) is 11.1. The Bertz CT molecular complexity index is 910. The van der Waals surface area contributed by atoms with Crippen LogP contribution in [0.5, 0.6) is 0 Å². The maximum absolute atomic E-state index is 10.9. The normalized spacial score (nSPS) is 44.5. The van der Waals surface area contributed by atoms with Gasteiger partial charge in [-0.3, -0.25) is 0 Å². The minimum absolute atomic E-state index is 0.0337. The molecule has 3 aliphatic rings. The van der Waals surface area contributed by atoms with Gasteiger partial charge in [-0.25, -0.2) is 0 Å². The molecule has 0 aromatic carbocycles. The van der Waals surface area contributed by atoms with Crippen LogP contribution in [0.3, 0.4) is 0 Å². The van der Waals surface area contributed by atoms with Gasteiger partial charge in [0.1, 0.15) is 79.4 Å². The van der Waals surface area contributed by atoms with E-state index in [1.54, 1.807) is 0 Å². The van der Waals surface area contributed by atoms with Crippen molar-refractivity contribution in [2.45, 2.75) is 117 Å². The van der Waals surface area contributed by atoms with Crippen molar-refractivity contribution in [3.63, 3.8) is 0 Å². The van der Waals surface area contributed by atoms with E-state index in [1.807, 2.05) is 0 Å². The summed E-state index contributed by atoms with van der Waals surface area (Å²) in [6.45, 7) is -2.09. The first kappa shape index (κ1) is 37.4. The highest BCUT2D eigenvalue weighted by Gasteiger charge is 2.52. The van der Waals surface area contributed by atoms with Gasteiger partial charge in [-0.1, -0.05) is 6.08 Å². The lowest BCUT2D eigenvalue weighted by Gasteiger charge is -2.48. The van der Waals surface area contributed by atoms with Gasteiger partial charge in [0.25, 0.3) is 0 Å². The van der Waals surface area contributed by atoms with E-state index >= 15 is 0 Å². The summed E-state index contributed by atoms with van der Waals surface area (Å²) in [4.78, 5) is 0. The van der Waals surface area contributed by atoms with Gasteiger partial charge in [-0.05, 0) is 12.5 Å². The fourth-order valence-corrected chi connectivity index (χ4v) is 5.39. The van der Waals surface area contributed by atoms with E-state index in [9.17, 15) is 71.5 Å². The summed E-state index contributed by atoms with van der Waals surface area (Å²) in [6.07, 6.45) is -26.3. The summed E-state index contributed by atoms with van der Waals surface area (Å²) in [7, 11) is 0. The van der Waals surface area contributed by atoms with E-state index in [0.717, 1.165) is 6.92 Å². The molecule has 2 saturated heterocycles. The standard InChI is InChI=1S/C25H45NO18/c1-7(31)14(33)22(10(32)4-28)43-25-21(40)19(38)23(12(6-30)42-25)44-24-20(39)17(36)13(11(5-29)41-24)26-9-2-8(3-27)15(34)18(37)16(9)35/h2,7,9-40H,3-6H2,1H3/t7?,9?,10-,11-,12?,13?,14?,15?,16?,17+,18?,19?,20?,21-,22?,23?,24+,25-/m1/s1. The van der Waals surface area contributed by atoms with E-state index in [1.165, 1.54) is 6.08 Å². The average Bonchev–Trinajstić information content (AvgIpc) is 3.01. The largest absolute Gasteiger partial charge is 0.394 e. The number of nitrogens with one attached hydrogen (secondary N) is 1. The molecule has 19 heteroatoms. The second-order valence-corrected chi connectivity index (χ2v) is 11.1. The average molecular weight is 648 g/mol. The Kier molecular flexibility index (Phi) is 13.8. The first-order valence-corrected chi connectivity index (χ1v) is 14.0. The maximum Gasteiger partial charge on any atom is 0.187 e. The van der Waals surface area contributed by atoms with Gasteiger partial charge in [0.05, 0.1) is 44.6 Å². The molecule has 44 heavy (non-hydrogen) atoms. The summed E-state index contributed by atoms with van der Waals surface area (Å²) in [5.41, 5.74) is -0.0337. The lowest BCUT2D eigenvalue weighted by atomic mass is 9.86. The zero-order valence-corrected chi connectivity index (χ0v) is 23.7. The number of rotatable bonds is 13. The number of ether oxygens (including phenoxy) is 4. The number of aliphatic hydroxyl groups excluding tert-OH is 14. The van der Waals surface area contributed by atoms with Gasteiger partial charge >= 0.3 is 0 Å². The van der Waals surface area contributed by atoms with Crippen LogP contribution < -0.4 is 5.32 Å². The smallest absolute Gasteiger partial charge is 0.187 e. The first-order valence-electron chi connectivity index (χ1n) is 14.0. The molecule has 0 bridgehead atoms. The lowest BCUT2D eigenvalue weighted by molar-refractivity contribution is -0.363. The molecule has 1 aliphatic carbocycles. The Morgan fingerprint density at radius 1 is 0.773 bits per heavy atom. The second kappa shape index (κ2) is 16.2. The Balaban J connectivity index is 1.74. The van der Waals surface area contributed by atoms with E-state index in [0.29, 0.717) is 0 Å². The number of hydrogen-bond acceptors (Lipinski definition) is 19. The molecule has 0 aromatic rings. The molecule has 19 nitrogen and oxygen atoms in total. The summed E-state index contributed by atoms with van der Waals surface area (Å²) < 4.78 is 22.0. The lowest BCUT2D eigenvalue weighted by Crippen LogP contribution is -2.69. The fourth-order valence-electron chi connectivity index (χ4n) is 5.39. The highest BCUT2D eigenvalue weighted by Crippen LogP contribution is 2.31. The summed E-state index contributed by atoms with van der Waals surface area (Å²) >= 11 is 0. The molecule has 3 rings (SSSR count). The van der Waals surface area contributed by atoms with Crippen molar-refractivity contribution in [3.8, 4) is 0 Å². The quantitative estimate of drug-likeness (QED) is 0.0825. The third-order valence-electron chi connectivity index (χ3n) is 8.07. The minimum Gasteiger partial charge on any atom is -0.394 e. The molecule has 0 spiro atoms. The topological polar surface area (TPSA) is 332 Å². The zero-order valence-electron chi connectivity index (χ0n) is 23.7. The molecular formula is C25H45NO18. The Morgan fingerprint density at radius 2 is 1.36 bits per heavy atom. The van der Waals surface area contributed by atoms with Crippen LogP contribution in [0.15, 0.2) is 11.6 Å². The molecule has 258 valence electrons. The monoisotopic (exact) mass is 647 g/mol. The third-order valence-corrected chi connectivity index (χ3v) is 8.07. The van der Waals surface area contributed by atoms with Gasteiger partial charge in [-0.15, -0.1) is 0 Å². The molecule has 0 aromatic heterocycles. The molecule has 18 atom stereocenters. The minimum atomic E-state index is -1.99. The van der Waals surface area contributed by atoms with E-state index in [-0.39, 0.29) is 5.57 Å². The zero-order chi connectivity index (χ0) is 33.0. The van der Waals surface area contributed by atoms with E-state index in [4.69, 9.17) is 18.9 Å². The van der Waals surface area contributed by atoms with Crippen molar-refractivity contribution in [1.29, 1.82) is 0 Å². The molecule has 0 radical (unpaired) electrons. The van der Waals surface area contributed by atoms with Crippen LogP contribution in [-0.4, -0.2) is 208 Å². The van der Waals surface area contributed by atoms with Crippen molar-refractivity contribution in [1.82, 2.24) is 5.32 Å². The molecule has 0 saturated carbocycles. The fraction of sp³-hybridized carbons (Fsp3) is 0.920. The number of hydrogen-bond donors (Lipinski definition) is 15. The van der Waals surface area contributed by atoms with Crippen LogP contribution in [0, 0.1) is 0 Å². The third kappa shape index (κ3) is 7.91. The molecule has 2 heterocycles.